The highest BCUT2D eigenvalue weighted by Crippen LogP contribution is 2.27. The Morgan fingerprint density at radius 1 is 0.969 bits per heavy atom. The Balaban J connectivity index is 2.29. The monoisotopic (exact) mass is 446 g/mol. The lowest BCUT2D eigenvalue weighted by Crippen LogP contribution is -2.17. The quantitative estimate of drug-likeness (QED) is 0.223. The predicted molar refractivity (Wildman–Crippen MR) is 115 cm³/mol. The molecule has 11 nitrogen and oxygen atoms in total. The Morgan fingerprint density at radius 3 is 2.16 bits per heavy atom. The van der Waals surface area contributed by atoms with Gasteiger partial charge >= 0.3 is 11.7 Å². The highest BCUT2D eigenvalue weighted by atomic mass is 16.6. The van der Waals surface area contributed by atoms with E-state index in [0.29, 0.717) is 13.0 Å². The molecule has 0 aromatic carbocycles. The van der Waals surface area contributed by atoms with Crippen LogP contribution in [0.15, 0.2) is 24.3 Å². The fraction of sp³-hybridized carbons (Fsp3) is 0.429. The van der Waals surface area contributed by atoms with Crippen molar-refractivity contribution >= 4 is 23.3 Å². The van der Waals surface area contributed by atoms with Gasteiger partial charge in [0.1, 0.15) is 11.4 Å². The molecule has 0 atom stereocenters. The van der Waals surface area contributed by atoms with Crippen LogP contribution < -0.4 is 14.8 Å². The van der Waals surface area contributed by atoms with Crippen LogP contribution >= 0.6 is 0 Å². The summed E-state index contributed by atoms with van der Waals surface area (Å²) in [5.74, 6) is -1.46. The summed E-state index contributed by atoms with van der Waals surface area (Å²) in [4.78, 5) is 43.3. The molecule has 2 aromatic heterocycles. The van der Waals surface area contributed by atoms with Gasteiger partial charge in [-0.25, -0.2) is 14.8 Å². The van der Waals surface area contributed by atoms with Crippen molar-refractivity contribution in [2.24, 2.45) is 0 Å². The van der Waals surface area contributed by atoms with Gasteiger partial charge in [0, 0.05) is 6.07 Å². The van der Waals surface area contributed by atoms with Crippen molar-refractivity contribution in [2.75, 3.05) is 25.6 Å². The lowest BCUT2D eigenvalue weighted by Gasteiger charge is -2.13. The first-order valence-corrected chi connectivity index (χ1v) is 10.2. The number of nitrogens with zero attached hydrogens (tertiary/aromatic N) is 3. The van der Waals surface area contributed by atoms with Gasteiger partial charge in [0.15, 0.2) is 5.69 Å². The van der Waals surface area contributed by atoms with E-state index in [1.165, 1.54) is 31.4 Å². The van der Waals surface area contributed by atoms with Crippen molar-refractivity contribution in [1.29, 1.82) is 0 Å². The fourth-order valence-electron chi connectivity index (χ4n) is 2.48. The molecule has 0 fully saturated rings. The van der Waals surface area contributed by atoms with E-state index in [0.717, 1.165) is 19.3 Å². The zero-order chi connectivity index (χ0) is 23.5. The molecule has 172 valence electrons. The number of hydrogen-bond donors (Lipinski definition) is 1. The van der Waals surface area contributed by atoms with Crippen molar-refractivity contribution in [3.8, 4) is 11.8 Å². The molecule has 0 aliphatic carbocycles. The van der Waals surface area contributed by atoms with Crippen LogP contribution in [0.4, 0.5) is 11.4 Å². The summed E-state index contributed by atoms with van der Waals surface area (Å²) in [5.41, 5.74) is -0.173. The van der Waals surface area contributed by atoms with Crippen LogP contribution in [0.2, 0.25) is 0 Å². The average molecular weight is 446 g/mol. The third kappa shape index (κ3) is 6.62. The van der Waals surface area contributed by atoms with Crippen molar-refractivity contribution in [2.45, 2.75) is 39.5 Å². The summed E-state index contributed by atoms with van der Waals surface area (Å²) in [6.07, 6.45) is 3.15. The molecule has 0 radical (unpaired) electrons. The third-order valence-electron chi connectivity index (χ3n) is 4.25. The van der Waals surface area contributed by atoms with Gasteiger partial charge in [0.25, 0.3) is 11.8 Å². The van der Waals surface area contributed by atoms with E-state index < -0.39 is 16.8 Å². The Kier molecular flexibility index (Phi) is 9.33. The smallest absolute Gasteiger partial charge is 0.356 e. The maximum atomic E-state index is 12.8. The first-order valence-electron chi connectivity index (χ1n) is 10.2. The molecule has 2 rings (SSSR count). The maximum Gasteiger partial charge on any atom is 0.356 e. The summed E-state index contributed by atoms with van der Waals surface area (Å²) in [5, 5.41) is 13.8. The number of anilines is 1. The minimum absolute atomic E-state index is 0.0251. The first-order chi connectivity index (χ1) is 15.4. The van der Waals surface area contributed by atoms with Crippen LogP contribution in [0.25, 0.3) is 0 Å². The summed E-state index contributed by atoms with van der Waals surface area (Å²) in [6, 6.07) is 5.24. The van der Waals surface area contributed by atoms with Crippen LogP contribution in [0, 0.1) is 10.1 Å². The molecule has 0 saturated carbocycles. The molecule has 0 spiro atoms. The van der Waals surface area contributed by atoms with Crippen molar-refractivity contribution in [1.82, 2.24) is 9.97 Å². The molecule has 0 aliphatic heterocycles. The lowest BCUT2D eigenvalue weighted by atomic mass is 10.2. The number of ether oxygens (including phenoxy) is 3. The maximum absolute atomic E-state index is 12.8. The number of unbranched alkanes of at least 4 members (excludes halogenated alkanes) is 2. The average Bonchev–Trinajstić information content (AvgIpc) is 2.79. The molecular weight excluding hydrogens is 420 g/mol. The Labute approximate surface area is 185 Å². The molecule has 32 heavy (non-hydrogen) atoms. The van der Waals surface area contributed by atoms with Gasteiger partial charge in [-0.05, 0) is 31.0 Å². The van der Waals surface area contributed by atoms with Gasteiger partial charge in [-0.15, -0.1) is 0 Å². The number of hydrogen-bond acceptors (Lipinski definition) is 9. The number of nitrogens with one attached hydrogen (secondary N) is 1. The van der Waals surface area contributed by atoms with Gasteiger partial charge in [-0.1, -0.05) is 26.7 Å². The molecule has 2 aromatic rings. The highest BCUT2D eigenvalue weighted by molar-refractivity contribution is 6.04. The molecule has 0 bridgehead atoms. The molecule has 0 saturated heterocycles. The number of carbonyl (C=O) groups excluding carboxylic acids is 2. The molecule has 1 amide bonds. The van der Waals surface area contributed by atoms with Crippen molar-refractivity contribution < 1.29 is 28.7 Å². The summed E-state index contributed by atoms with van der Waals surface area (Å²) >= 11 is 0. The third-order valence-corrected chi connectivity index (χ3v) is 4.25. The number of esters is 1. The van der Waals surface area contributed by atoms with Gasteiger partial charge in [0.05, 0.1) is 25.2 Å². The number of carbonyl (C=O) groups is 2. The van der Waals surface area contributed by atoms with E-state index >= 15 is 0 Å². The largest absolute Gasteiger partial charge is 0.476 e. The summed E-state index contributed by atoms with van der Waals surface area (Å²) in [7, 11) is 1.23. The number of pyridine rings is 2. The molecular formula is C21H26N4O7. The number of rotatable bonds is 12. The first kappa shape index (κ1) is 24.5. The van der Waals surface area contributed by atoms with Gasteiger partial charge < -0.3 is 19.5 Å². The Bertz CT molecular complexity index is 965. The van der Waals surface area contributed by atoms with Crippen LogP contribution in [0.3, 0.4) is 0 Å². The molecule has 0 aliphatic rings. The Hall–Kier alpha value is -3.76. The standard InChI is InChI=1S/C21H26N4O7/c1-4-6-12-31-19-15(8-9-16(24-19)21(27)30-3)22-18(26)14-10-11-17(25(28)29)20(23-14)32-13-7-5-2/h8-11H,4-7,12-13H2,1-3H3,(H,22,26). The van der Waals surface area contributed by atoms with Gasteiger partial charge in [0.2, 0.25) is 5.88 Å². The molecule has 11 heteroatoms. The van der Waals surface area contributed by atoms with Gasteiger partial charge in [-0.3, -0.25) is 14.9 Å². The van der Waals surface area contributed by atoms with Gasteiger partial charge in [-0.2, -0.15) is 0 Å². The fourth-order valence-corrected chi connectivity index (χ4v) is 2.48. The number of methoxy groups -OCH3 is 1. The predicted octanol–water partition coefficient (Wildman–Crippen LogP) is 3.78. The lowest BCUT2D eigenvalue weighted by molar-refractivity contribution is -0.386. The van der Waals surface area contributed by atoms with E-state index in [1.807, 2.05) is 13.8 Å². The highest BCUT2D eigenvalue weighted by Gasteiger charge is 2.22. The number of amides is 1. The zero-order valence-electron chi connectivity index (χ0n) is 18.3. The zero-order valence-corrected chi connectivity index (χ0v) is 18.3. The summed E-state index contributed by atoms with van der Waals surface area (Å²) < 4.78 is 15.7. The van der Waals surface area contributed by atoms with Crippen LogP contribution in [-0.4, -0.2) is 47.1 Å². The van der Waals surface area contributed by atoms with E-state index in [1.54, 1.807) is 0 Å². The van der Waals surface area contributed by atoms with Crippen LogP contribution in [-0.2, 0) is 4.74 Å². The minimum Gasteiger partial charge on any atom is -0.476 e. The van der Waals surface area contributed by atoms with E-state index in [9.17, 15) is 19.7 Å². The second-order valence-electron chi connectivity index (χ2n) is 6.68. The van der Waals surface area contributed by atoms with E-state index in [-0.39, 0.29) is 41.1 Å². The number of nitro groups is 1. The van der Waals surface area contributed by atoms with Crippen molar-refractivity contribution in [3.63, 3.8) is 0 Å². The van der Waals surface area contributed by atoms with Crippen molar-refractivity contribution in [3.05, 3.63) is 45.8 Å². The topological polar surface area (TPSA) is 143 Å². The molecule has 0 unspecified atom stereocenters. The SMILES string of the molecule is CCCCOc1nc(C(=O)OC)ccc1NC(=O)c1ccc([N+](=O)[O-])c(OCCCC)n1. The minimum atomic E-state index is -0.645. The second-order valence-corrected chi connectivity index (χ2v) is 6.68. The van der Waals surface area contributed by atoms with E-state index in [2.05, 4.69) is 20.0 Å². The van der Waals surface area contributed by atoms with Crippen LogP contribution in [0.5, 0.6) is 11.8 Å². The number of aromatic nitrogens is 2. The molecule has 1 N–H and O–H groups in total. The normalized spacial score (nSPS) is 10.3. The molecule has 2 heterocycles. The van der Waals surface area contributed by atoms with Crippen LogP contribution in [0.1, 0.15) is 60.5 Å². The second kappa shape index (κ2) is 12.2. The summed E-state index contributed by atoms with van der Waals surface area (Å²) in [6.45, 7) is 4.52. The van der Waals surface area contributed by atoms with E-state index in [4.69, 9.17) is 9.47 Å². The Morgan fingerprint density at radius 2 is 1.56 bits per heavy atom.